The van der Waals surface area contributed by atoms with Crippen LogP contribution >= 0.6 is 22.7 Å². The summed E-state index contributed by atoms with van der Waals surface area (Å²) < 4.78 is 5.39. The van der Waals surface area contributed by atoms with Crippen molar-refractivity contribution in [3.8, 4) is 16.3 Å². The van der Waals surface area contributed by atoms with Crippen LogP contribution in [-0.2, 0) is 4.79 Å². The molecule has 0 aliphatic heterocycles. The molecule has 3 aromatic rings. The lowest BCUT2D eigenvalue weighted by Crippen LogP contribution is -2.07. The normalized spacial score (nSPS) is 10.9. The number of nitrogens with zero attached hydrogens (tertiary/aromatic N) is 1. The van der Waals surface area contributed by atoms with Crippen molar-refractivity contribution < 1.29 is 9.53 Å². The van der Waals surface area contributed by atoms with Crippen molar-refractivity contribution in [3.05, 3.63) is 58.8 Å². The molecule has 0 unspecified atom stereocenters. The monoisotopic (exact) mass is 356 g/mol. The molecule has 3 rings (SSSR count). The minimum absolute atomic E-state index is 0.198. The lowest BCUT2D eigenvalue weighted by Gasteiger charge is -2.02. The third-order valence-corrected chi connectivity index (χ3v) is 4.78. The van der Waals surface area contributed by atoms with Crippen LogP contribution in [0.25, 0.3) is 16.6 Å². The molecule has 0 aliphatic rings. The minimum atomic E-state index is -0.198. The fourth-order valence-corrected chi connectivity index (χ4v) is 3.50. The maximum Gasteiger partial charge on any atom is 0.250 e. The standard InChI is InChI=1S/C18H16N2O2S2/c1-2-22-14-8-5-13(6-9-14)7-10-17(21)20-18-19-15(12-24-18)16-4-3-11-23-16/h3-12H,2H2,1H3,(H,19,20,21)/b10-7+. The minimum Gasteiger partial charge on any atom is -0.494 e. The Hall–Kier alpha value is -2.44. The van der Waals surface area contributed by atoms with Crippen LogP contribution in [0, 0.1) is 0 Å². The van der Waals surface area contributed by atoms with E-state index in [1.54, 1.807) is 17.4 Å². The van der Waals surface area contributed by atoms with Crippen LogP contribution in [0.3, 0.4) is 0 Å². The van der Waals surface area contributed by atoms with Gasteiger partial charge in [0.25, 0.3) is 0 Å². The number of amides is 1. The highest BCUT2D eigenvalue weighted by Gasteiger charge is 2.06. The smallest absolute Gasteiger partial charge is 0.250 e. The fraction of sp³-hybridized carbons (Fsp3) is 0.111. The Kier molecular flexibility index (Phi) is 5.40. The lowest BCUT2D eigenvalue weighted by atomic mass is 10.2. The maximum atomic E-state index is 12.0. The molecule has 2 heterocycles. The van der Waals surface area contributed by atoms with Gasteiger partial charge in [-0.25, -0.2) is 4.98 Å². The van der Waals surface area contributed by atoms with Crippen LogP contribution in [0.2, 0.25) is 0 Å². The van der Waals surface area contributed by atoms with Gasteiger partial charge in [-0.05, 0) is 42.1 Å². The van der Waals surface area contributed by atoms with Crippen molar-refractivity contribution in [1.82, 2.24) is 4.98 Å². The van der Waals surface area contributed by atoms with E-state index >= 15 is 0 Å². The van der Waals surface area contributed by atoms with E-state index in [1.165, 1.54) is 17.4 Å². The van der Waals surface area contributed by atoms with Crippen LogP contribution in [0.15, 0.2) is 53.2 Å². The summed E-state index contributed by atoms with van der Waals surface area (Å²) in [6, 6.07) is 11.6. The van der Waals surface area contributed by atoms with Crippen molar-refractivity contribution in [3.63, 3.8) is 0 Å². The number of carbonyl (C=O) groups is 1. The van der Waals surface area contributed by atoms with E-state index in [-0.39, 0.29) is 5.91 Å². The van der Waals surface area contributed by atoms with E-state index < -0.39 is 0 Å². The zero-order chi connectivity index (χ0) is 16.8. The molecule has 4 nitrogen and oxygen atoms in total. The molecule has 0 bridgehead atoms. The van der Waals surface area contributed by atoms with Gasteiger partial charge in [0.15, 0.2) is 5.13 Å². The Morgan fingerprint density at radius 1 is 1.25 bits per heavy atom. The number of hydrogen-bond donors (Lipinski definition) is 1. The molecule has 1 aromatic carbocycles. The van der Waals surface area contributed by atoms with Crippen molar-refractivity contribution in [1.29, 1.82) is 0 Å². The first-order valence-electron chi connectivity index (χ1n) is 7.46. The Morgan fingerprint density at radius 3 is 2.79 bits per heavy atom. The Bertz CT molecular complexity index is 821. The van der Waals surface area contributed by atoms with Gasteiger partial charge in [-0.3, -0.25) is 10.1 Å². The molecule has 6 heteroatoms. The first-order chi connectivity index (χ1) is 11.7. The second-order valence-corrected chi connectivity index (χ2v) is 6.65. The van der Waals surface area contributed by atoms with Crippen molar-refractivity contribution in [2.45, 2.75) is 6.92 Å². The largest absolute Gasteiger partial charge is 0.494 e. The van der Waals surface area contributed by atoms with Gasteiger partial charge in [0.05, 0.1) is 17.2 Å². The van der Waals surface area contributed by atoms with E-state index in [1.807, 2.05) is 54.1 Å². The van der Waals surface area contributed by atoms with Crippen molar-refractivity contribution in [2.24, 2.45) is 0 Å². The number of carbonyl (C=O) groups excluding carboxylic acids is 1. The highest BCUT2D eigenvalue weighted by molar-refractivity contribution is 7.16. The Morgan fingerprint density at radius 2 is 2.08 bits per heavy atom. The van der Waals surface area contributed by atoms with Gasteiger partial charge >= 0.3 is 0 Å². The SMILES string of the molecule is CCOc1ccc(/C=C/C(=O)Nc2nc(-c3cccs3)cs2)cc1. The van der Waals surface area contributed by atoms with Gasteiger partial charge < -0.3 is 4.74 Å². The molecule has 0 atom stereocenters. The molecule has 0 aliphatic carbocycles. The Labute approximate surface area is 148 Å². The molecule has 0 radical (unpaired) electrons. The van der Waals surface area contributed by atoms with E-state index in [9.17, 15) is 4.79 Å². The quantitative estimate of drug-likeness (QED) is 0.638. The van der Waals surface area contributed by atoms with Gasteiger partial charge in [-0.2, -0.15) is 0 Å². The lowest BCUT2D eigenvalue weighted by molar-refractivity contribution is -0.111. The van der Waals surface area contributed by atoms with E-state index in [2.05, 4.69) is 10.3 Å². The number of rotatable bonds is 6. The molecule has 0 spiro atoms. The summed E-state index contributed by atoms with van der Waals surface area (Å²) in [7, 11) is 0. The summed E-state index contributed by atoms with van der Waals surface area (Å²) in [4.78, 5) is 17.5. The summed E-state index contributed by atoms with van der Waals surface area (Å²) in [6.07, 6.45) is 3.26. The molecule has 1 N–H and O–H groups in total. The van der Waals surface area contributed by atoms with Gasteiger partial charge in [0.2, 0.25) is 5.91 Å². The molecule has 0 fully saturated rings. The predicted octanol–water partition coefficient (Wildman–Crippen LogP) is 4.92. The fourth-order valence-electron chi connectivity index (χ4n) is 2.03. The average Bonchev–Trinajstić information content (AvgIpc) is 3.26. The molecular formula is C18H16N2O2S2. The summed E-state index contributed by atoms with van der Waals surface area (Å²) >= 11 is 3.05. The maximum absolute atomic E-state index is 12.0. The molecule has 2 aromatic heterocycles. The summed E-state index contributed by atoms with van der Waals surface area (Å²) in [5.74, 6) is 0.624. The van der Waals surface area contributed by atoms with Crippen LogP contribution < -0.4 is 10.1 Å². The summed E-state index contributed by atoms with van der Waals surface area (Å²) in [5.41, 5.74) is 1.83. The predicted molar refractivity (Wildman–Crippen MR) is 101 cm³/mol. The summed E-state index contributed by atoms with van der Waals surface area (Å²) in [5, 5.41) is 7.33. The third kappa shape index (κ3) is 4.31. The highest BCUT2D eigenvalue weighted by atomic mass is 32.1. The number of thiazole rings is 1. The van der Waals surface area contributed by atoms with Gasteiger partial charge in [0.1, 0.15) is 5.75 Å². The van der Waals surface area contributed by atoms with Crippen LogP contribution in [0.4, 0.5) is 5.13 Å². The van der Waals surface area contributed by atoms with E-state index in [0.29, 0.717) is 11.7 Å². The van der Waals surface area contributed by atoms with Crippen molar-refractivity contribution in [2.75, 3.05) is 11.9 Å². The highest BCUT2D eigenvalue weighted by Crippen LogP contribution is 2.28. The number of thiophene rings is 1. The van der Waals surface area contributed by atoms with E-state index in [4.69, 9.17) is 4.74 Å². The number of hydrogen-bond acceptors (Lipinski definition) is 5. The first-order valence-corrected chi connectivity index (χ1v) is 9.22. The van der Waals surface area contributed by atoms with Crippen LogP contribution in [0.5, 0.6) is 5.75 Å². The molecule has 1 amide bonds. The topological polar surface area (TPSA) is 51.2 Å². The second-order valence-electron chi connectivity index (χ2n) is 4.84. The zero-order valence-electron chi connectivity index (χ0n) is 13.1. The molecule has 0 saturated carbocycles. The van der Waals surface area contributed by atoms with Gasteiger partial charge in [0, 0.05) is 11.5 Å². The Balaban J connectivity index is 1.59. The average molecular weight is 356 g/mol. The van der Waals surface area contributed by atoms with E-state index in [0.717, 1.165) is 21.9 Å². The molecule has 0 saturated heterocycles. The van der Waals surface area contributed by atoms with Crippen LogP contribution in [-0.4, -0.2) is 17.5 Å². The first kappa shape index (κ1) is 16.4. The molecular weight excluding hydrogens is 340 g/mol. The second kappa shape index (κ2) is 7.90. The number of nitrogens with one attached hydrogen (secondary N) is 1. The van der Waals surface area contributed by atoms with Gasteiger partial charge in [-0.15, -0.1) is 22.7 Å². The van der Waals surface area contributed by atoms with Crippen LogP contribution in [0.1, 0.15) is 12.5 Å². The third-order valence-electron chi connectivity index (χ3n) is 3.13. The van der Waals surface area contributed by atoms with Crippen molar-refractivity contribution >= 4 is 39.8 Å². The number of ether oxygens (including phenoxy) is 1. The number of anilines is 1. The van der Waals surface area contributed by atoms with Gasteiger partial charge in [-0.1, -0.05) is 18.2 Å². The zero-order valence-corrected chi connectivity index (χ0v) is 14.7. The number of aromatic nitrogens is 1. The summed E-state index contributed by atoms with van der Waals surface area (Å²) in [6.45, 7) is 2.58. The number of benzene rings is 1. The molecule has 24 heavy (non-hydrogen) atoms. The molecule has 122 valence electrons.